The minimum absolute atomic E-state index is 0.0193. The van der Waals surface area contributed by atoms with E-state index in [1.54, 1.807) is 0 Å². The molecule has 0 spiro atoms. The van der Waals surface area contributed by atoms with E-state index in [1.807, 2.05) is 30.3 Å². The third-order valence-electron chi connectivity index (χ3n) is 3.15. The van der Waals surface area contributed by atoms with Gasteiger partial charge in [0.05, 0.1) is 0 Å². The first-order valence-corrected chi connectivity index (χ1v) is 7.23. The van der Waals surface area contributed by atoms with Crippen LogP contribution in [0.1, 0.15) is 30.6 Å². The van der Waals surface area contributed by atoms with Gasteiger partial charge in [0, 0.05) is 12.3 Å². The summed E-state index contributed by atoms with van der Waals surface area (Å²) in [7, 11) is 0. The Hall–Kier alpha value is -1.47. The number of benzene rings is 2. The van der Waals surface area contributed by atoms with E-state index in [0.29, 0.717) is 5.88 Å². The van der Waals surface area contributed by atoms with Gasteiger partial charge >= 0.3 is 0 Å². The third-order valence-corrected chi connectivity index (χ3v) is 3.37. The van der Waals surface area contributed by atoms with Gasteiger partial charge in [-0.2, -0.15) is 0 Å². The Morgan fingerprint density at radius 1 is 1.00 bits per heavy atom. The van der Waals surface area contributed by atoms with Crippen molar-refractivity contribution in [2.45, 2.75) is 25.9 Å². The van der Waals surface area contributed by atoms with E-state index >= 15 is 0 Å². The van der Waals surface area contributed by atoms with Crippen LogP contribution >= 0.6 is 11.6 Å². The van der Waals surface area contributed by atoms with Crippen LogP contribution in [-0.4, -0.2) is 5.88 Å². The fraction of sp³-hybridized carbons (Fsp3) is 0.294. The van der Waals surface area contributed by atoms with Gasteiger partial charge in [0.15, 0.2) is 0 Å². The number of aryl methyl sites for hydroxylation is 1. The number of para-hydroxylation sites is 1. The molecule has 2 aromatic carbocycles. The Morgan fingerprint density at radius 2 is 1.68 bits per heavy atom. The molecule has 0 saturated carbocycles. The van der Waals surface area contributed by atoms with Crippen LogP contribution in [0, 0.1) is 0 Å². The van der Waals surface area contributed by atoms with Crippen LogP contribution in [0.5, 0.6) is 5.75 Å². The normalized spacial score (nSPS) is 12.1. The first-order valence-electron chi connectivity index (χ1n) is 6.70. The minimum atomic E-state index is 0.0193. The van der Waals surface area contributed by atoms with Crippen molar-refractivity contribution >= 4 is 11.6 Å². The van der Waals surface area contributed by atoms with Gasteiger partial charge in [-0.3, -0.25) is 0 Å². The van der Waals surface area contributed by atoms with Crippen LogP contribution in [0.2, 0.25) is 0 Å². The first-order chi connectivity index (χ1) is 9.33. The molecule has 0 aliphatic heterocycles. The maximum atomic E-state index is 6.03. The van der Waals surface area contributed by atoms with Crippen LogP contribution in [0.15, 0.2) is 54.6 Å². The number of halogens is 1. The molecule has 0 heterocycles. The van der Waals surface area contributed by atoms with E-state index in [2.05, 4.69) is 31.2 Å². The SMILES string of the molecule is CCc1ccc(C(CCCl)Oc2ccccc2)cc1. The Bertz CT molecular complexity index is 478. The molecule has 0 radical (unpaired) electrons. The Kier molecular flexibility index (Phi) is 5.29. The predicted octanol–water partition coefficient (Wildman–Crippen LogP) is 5.00. The summed E-state index contributed by atoms with van der Waals surface area (Å²) < 4.78 is 6.03. The molecule has 2 rings (SSSR count). The smallest absolute Gasteiger partial charge is 0.125 e. The molecule has 0 amide bonds. The maximum absolute atomic E-state index is 6.03. The van der Waals surface area contributed by atoms with Crippen LogP contribution in [0.4, 0.5) is 0 Å². The topological polar surface area (TPSA) is 9.23 Å². The fourth-order valence-corrected chi connectivity index (χ4v) is 2.22. The zero-order valence-corrected chi connectivity index (χ0v) is 11.9. The molecule has 0 bridgehead atoms. The molecule has 2 heteroatoms. The molecule has 0 saturated heterocycles. The van der Waals surface area contributed by atoms with Crippen molar-refractivity contribution in [3.05, 3.63) is 65.7 Å². The summed E-state index contributed by atoms with van der Waals surface area (Å²) in [6, 6.07) is 18.5. The molecule has 1 unspecified atom stereocenters. The Labute approximate surface area is 120 Å². The van der Waals surface area contributed by atoms with Crippen LogP contribution in [-0.2, 0) is 6.42 Å². The van der Waals surface area contributed by atoms with Gasteiger partial charge in [-0.05, 0) is 29.7 Å². The number of alkyl halides is 1. The summed E-state index contributed by atoms with van der Waals surface area (Å²) in [5.74, 6) is 1.48. The van der Waals surface area contributed by atoms with Crippen molar-refractivity contribution < 1.29 is 4.74 Å². The molecule has 19 heavy (non-hydrogen) atoms. The fourth-order valence-electron chi connectivity index (χ4n) is 2.02. The second kappa shape index (κ2) is 7.20. The highest BCUT2D eigenvalue weighted by Crippen LogP contribution is 2.25. The zero-order valence-electron chi connectivity index (χ0n) is 11.2. The van der Waals surface area contributed by atoms with E-state index in [4.69, 9.17) is 16.3 Å². The molecule has 0 N–H and O–H groups in total. The maximum Gasteiger partial charge on any atom is 0.125 e. The summed E-state index contributed by atoms with van der Waals surface area (Å²) in [4.78, 5) is 0. The summed E-state index contributed by atoms with van der Waals surface area (Å²) in [5.41, 5.74) is 2.52. The second-order valence-corrected chi connectivity index (χ2v) is 4.87. The van der Waals surface area contributed by atoms with Crippen molar-refractivity contribution in [3.8, 4) is 5.75 Å². The number of rotatable bonds is 6. The number of hydrogen-bond acceptors (Lipinski definition) is 1. The van der Waals surface area contributed by atoms with Gasteiger partial charge in [0.25, 0.3) is 0 Å². The van der Waals surface area contributed by atoms with Crippen molar-refractivity contribution in [2.75, 3.05) is 5.88 Å². The largest absolute Gasteiger partial charge is 0.486 e. The van der Waals surface area contributed by atoms with Crippen molar-refractivity contribution in [2.24, 2.45) is 0 Å². The van der Waals surface area contributed by atoms with Gasteiger partial charge < -0.3 is 4.74 Å². The summed E-state index contributed by atoms with van der Waals surface area (Å²) in [6.07, 6.45) is 1.88. The van der Waals surface area contributed by atoms with Gasteiger partial charge in [-0.25, -0.2) is 0 Å². The van der Waals surface area contributed by atoms with E-state index in [0.717, 1.165) is 18.6 Å². The first kappa shape index (κ1) is 14.0. The Morgan fingerprint density at radius 3 is 2.26 bits per heavy atom. The number of ether oxygens (including phenoxy) is 1. The molecule has 0 aromatic heterocycles. The molecule has 0 aliphatic carbocycles. The van der Waals surface area contributed by atoms with Crippen LogP contribution < -0.4 is 4.74 Å². The highest BCUT2D eigenvalue weighted by molar-refractivity contribution is 6.17. The standard InChI is InChI=1S/C17H19ClO/c1-2-14-8-10-15(11-9-14)17(12-13-18)19-16-6-4-3-5-7-16/h3-11,17H,2,12-13H2,1H3. The lowest BCUT2D eigenvalue weighted by Gasteiger charge is -2.19. The summed E-state index contributed by atoms with van der Waals surface area (Å²) in [6.45, 7) is 2.16. The zero-order chi connectivity index (χ0) is 13.5. The minimum Gasteiger partial charge on any atom is -0.486 e. The monoisotopic (exact) mass is 274 g/mol. The van der Waals surface area contributed by atoms with Gasteiger partial charge in [0.1, 0.15) is 11.9 Å². The molecular formula is C17H19ClO. The van der Waals surface area contributed by atoms with E-state index in [-0.39, 0.29) is 6.10 Å². The molecule has 0 aliphatic rings. The molecule has 1 nitrogen and oxygen atoms in total. The van der Waals surface area contributed by atoms with E-state index < -0.39 is 0 Å². The summed E-state index contributed by atoms with van der Waals surface area (Å²) >= 11 is 5.89. The lowest BCUT2D eigenvalue weighted by atomic mass is 10.0. The average Bonchev–Trinajstić information content (AvgIpc) is 2.48. The molecule has 1 atom stereocenters. The quantitative estimate of drug-likeness (QED) is 0.674. The highest BCUT2D eigenvalue weighted by atomic mass is 35.5. The predicted molar refractivity (Wildman–Crippen MR) is 81.0 cm³/mol. The van der Waals surface area contributed by atoms with Crippen LogP contribution in [0.3, 0.4) is 0 Å². The van der Waals surface area contributed by atoms with Crippen molar-refractivity contribution in [1.82, 2.24) is 0 Å². The highest BCUT2D eigenvalue weighted by Gasteiger charge is 2.12. The van der Waals surface area contributed by atoms with E-state index in [9.17, 15) is 0 Å². The van der Waals surface area contributed by atoms with Gasteiger partial charge in [-0.15, -0.1) is 11.6 Å². The van der Waals surface area contributed by atoms with E-state index in [1.165, 1.54) is 11.1 Å². The molecule has 100 valence electrons. The molecule has 0 fully saturated rings. The molecular weight excluding hydrogens is 256 g/mol. The molecule has 2 aromatic rings. The third kappa shape index (κ3) is 4.00. The van der Waals surface area contributed by atoms with Crippen molar-refractivity contribution in [1.29, 1.82) is 0 Å². The number of hydrogen-bond donors (Lipinski definition) is 0. The Balaban J connectivity index is 2.14. The van der Waals surface area contributed by atoms with Crippen molar-refractivity contribution in [3.63, 3.8) is 0 Å². The van der Waals surface area contributed by atoms with Crippen LogP contribution in [0.25, 0.3) is 0 Å². The van der Waals surface area contributed by atoms with Gasteiger partial charge in [0.2, 0.25) is 0 Å². The average molecular weight is 275 g/mol. The lowest BCUT2D eigenvalue weighted by molar-refractivity contribution is 0.202. The lowest BCUT2D eigenvalue weighted by Crippen LogP contribution is -2.08. The summed E-state index contributed by atoms with van der Waals surface area (Å²) in [5, 5.41) is 0. The second-order valence-electron chi connectivity index (χ2n) is 4.49. The van der Waals surface area contributed by atoms with Gasteiger partial charge in [-0.1, -0.05) is 49.4 Å².